The molecule has 1 aromatic carbocycles. The van der Waals surface area contributed by atoms with Crippen LogP contribution in [0.5, 0.6) is 5.75 Å². The van der Waals surface area contributed by atoms with Crippen LogP contribution < -0.4 is 15.4 Å². The molecular weight excluding hydrogens is 326 g/mol. The summed E-state index contributed by atoms with van der Waals surface area (Å²) < 4.78 is 5.27. The van der Waals surface area contributed by atoms with E-state index in [0.717, 1.165) is 18.7 Å². The third-order valence-electron chi connectivity index (χ3n) is 4.52. The van der Waals surface area contributed by atoms with Crippen LogP contribution in [0.3, 0.4) is 0 Å². The van der Waals surface area contributed by atoms with Crippen LogP contribution in [0.1, 0.15) is 42.5 Å². The van der Waals surface area contributed by atoms with E-state index in [0.29, 0.717) is 17.0 Å². The summed E-state index contributed by atoms with van der Waals surface area (Å²) in [6, 6.07) is 9.17. The highest BCUT2D eigenvalue weighted by Crippen LogP contribution is 2.24. The molecule has 0 saturated carbocycles. The number of anilines is 2. The van der Waals surface area contributed by atoms with Crippen molar-refractivity contribution in [3.05, 3.63) is 59.9 Å². The Balaban J connectivity index is 1.59. The number of methoxy groups -OCH3 is 1. The van der Waals surface area contributed by atoms with Gasteiger partial charge in [-0.25, -0.2) is 0 Å². The Morgan fingerprint density at radius 2 is 2.12 bits per heavy atom. The van der Waals surface area contributed by atoms with Gasteiger partial charge in [0.1, 0.15) is 5.75 Å². The molecule has 0 unspecified atom stereocenters. The molecule has 5 nitrogen and oxygen atoms in total. The van der Waals surface area contributed by atoms with Gasteiger partial charge in [-0.1, -0.05) is 23.8 Å². The van der Waals surface area contributed by atoms with Crippen LogP contribution in [0.15, 0.2) is 54.4 Å². The number of carbonyl (C=O) groups is 1. The van der Waals surface area contributed by atoms with Crippen molar-refractivity contribution >= 4 is 17.3 Å². The minimum Gasteiger partial charge on any atom is -0.495 e. The van der Waals surface area contributed by atoms with Crippen molar-refractivity contribution in [2.24, 2.45) is 0 Å². The lowest BCUT2D eigenvalue weighted by atomic mass is 9.97. The highest BCUT2D eigenvalue weighted by molar-refractivity contribution is 6.05. The zero-order valence-corrected chi connectivity index (χ0v) is 15.1. The molecule has 1 aliphatic carbocycles. The summed E-state index contributed by atoms with van der Waals surface area (Å²) in [5.74, 6) is 0.421. The van der Waals surface area contributed by atoms with E-state index in [2.05, 4.69) is 21.7 Å². The third kappa shape index (κ3) is 4.85. The fraction of sp³-hybridized carbons (Fsp3) is 0.333. The average molecular weight is 351 g/mol. The number of pyridine rings is 1. The van der Waals surface area contributed by atoms with Crippen LogP contribution in [-0.2, 0) is 0 Å². The molecular formula is C21H25N3O2. The van der Waals surface area contributed by atoms with Gasteiger partial charge in [-0.15, -0.1) is 0 Å². The lowest BCUT2D eigenvalue weighted by molar-refractivity contribution is 0.102. The van der Waals surface area contributed by atoms with E-state index >= 15 is 0 Å². The molecule has 1 aromatic heterocycles. The van der Waals surface area contributed by atoms with Crippen LogP contribution in [0, 0.1) is 0 Å². The largest absolute Gasteiger partial charge is 0.495 e. The van der Waals surface area contributed by atoms with E-state index < -0.39 is 0 Å². The summed E-state index contributed by atoms with van der Waals surface area (Å²) in [6.45, 7) is 0.852. The monoisotopic (exact) mass is 351 g/mol. The topological polar surface area (TPSA) is 63.2 Å². The van der Waals surface area contributed by atoms with Gasteiger partial charge in [0.05, 0.1) is 24.0 Å². The molecule has 2 aromatic rings. The van der Waals surface area contributed by atoms with E-state index in [4.69, 9.17) is 4.74 Å². The SMILES string of the molecule is COc1ccccc1NC(=O)c1cncc(NCCC2=CCCCC2)c1. The van der Waals surface area contributed by atoms with Gasteiger partial charge in [-0.3, -0.25) is 9.78 Å². The molecule has 0 saturated heterocycles. The van der Waals surface area contributed by atoms with Crippen molar-refractivity contribution in [1.82, 2.24) is 4.98 Å². The minimum atomic E-state index is -0.208. The quantitative estimate of drug-likeness (QED) is 0.713. The van der Waals surface area contributed by atoms with Crippen molar-refractivity contribution in [2.75, 3.05) is 24.3 Å². The highest BCUT2D eigenvalue weighted by Gasteiger charge is 2.10. The Morgan fingerprint density at radius 1 is 1.23 bits per heavy atom. The molecule has 0 aliphatic heterocycles. The highest BCUT2D eigenvalue weighted by atomic mass is 16.5. The Bertz CT molecular complexity index is 786. The normalized spacial score (nSPS) is 13.7. The van der Waals surface area contributed by atoms with E-state index in [-0.39, 0.29) is 5.91 Å². The zero-order valence-electron chi connectivity index (χ0n) is 15.1. The van der Waals surface area contributed by atoms with Gasteiger partial charge in [0, 0.05) is 18.9 Å². The summed E-state index contributed by atoms with van der Waals surface area (Å²) in [6.07, 6.45) is 11.7. The van der Waals surface area contributed by atoms with Crippen LogP contribution in [-0.4, -0.2) is 24.5 Å². The third-order valence-corrected chi connectivity index (χ3v) is 4.52. The first-order valence-corrected chi connectivity index (χ1v) is 9.07. The second-order valence-corrected chi connectivity index (χ2v) is 6.40. The molecule has 26 heavy (non-hydrogen) atoms. The van der Waals surface area contributed by atoms with Gasteiger partial charge >= 0.3 is 0 Å². The maximum Gasteiger partial charge on any atom is 0.257 e. The van der Waals surface area contributed by atoms with E-state index in [1.165, 1.54) is 31.3 Å². The van der Waals surface area contributed by atoms with Crippen LogP contribution >= 0.6 is 0 Å². The van der Waals surface area contributed by atoms with Gasteiger partial charge in [0.2, 0.25) is 0 Å². The van der Waals surface area contributed by atoms with Gasteiger partial charge in [-0.05, 0) is 50.3 Å². The summed E-state index contributed by atoms with van der Waals surface area (Å²) in [5.41, 5.74) is 3.54. The van der Waals surface area contributed by atoms with E-state index in [9.17, 15) is 4.79 Å². The second kappa shape index (κ2) is 9.04. The number of nitrogens with zero attached hydrogens (tertiary/aromatic N) is 1. The van der Waals surface area contributed by atoms with Gasteiger partial charge in [-0.2, -0.15) is 0 Å². The Hall–Kier alpha value is -2.82. The number of hydrogen-bond donors (Lipinski definition) is 2. The molecule has 1 heterocycles. The fourth-order valence-electron chi connectivity index (χ4n) is 3.10. The number of carbonyl (C=O) groups excluding carboxylic acids is 1. The first-order chi connectivity index (χ1) is 12.8. The molecule has 3 rings (SSSR count). The zero-order chi connectivity index (χ0) is 18.2. The van der Waals surface area contributed by atoms with Crippen LogP contribution in [0.4, 0.5) is 11.4 Å². The standard InChI is InChI=1S/C21H25N3O2/c1-26-20-10-6-5-9-19(20)24-21(25)17-13-18(15-22-14-17)23-12-11-16-7-3-2-4-8-16/h5-7,9-10,13-15,23H,2-4,8,11-12H2,1H3,(H,24,25). The summed E-state index contributed by atoms with van der Waals surface area (Å²) in [4.78, 5) is 16.7. The number of nitrogens with one attached hydrogen (secondary N) is 2. The lowest BCUT2D eigenvalue weighted by Crippen LogP contribution is -2.13. The van der Waals surface area contributed by atoms with Gasteiger partial charge in [0.25, 0.3) is 5.91 Å². The first kappa shape index (κ1) is 18.0. The number of rotatable bonds is 7. The molecule has 0 fully saturated rings. The van der Waals surface area contributed by atoms with Crippen molar-refractivity contribution in [1.29, 1.82) is 0 Å². The molecule has 0 atom stereocenters. The number of ether oxygens (including phenoxy) is 1. The molecule has 0 spiro atoms. The van der Waals surface area contributed by atoms with Gasteiger partial charge < -0.3 is 15.4 Å². The van der Waals surface area contributed by atoms with E-state index in [1.54, 1.807) is 19.5 Å². The Labute approximate surface area is 154 Å². The molecule has 1 aliphatic rings. The fourth-order valence-corrected chi connectivity index (χ4v) is 3.10. The van der Waals surface area contributed by atoms with Crippen molar-refractivity contribution < 1.29 is 9.53 Å². The second-order valence-electron chi connectivity index (χ2n) is 6.40. The first-order valence-electron chi connectivity index (χ1n) is 9.07. The summed E-state index contributed by atoms with van der Waals surface area (Å²) in [7, 11) is 1.58. The van der Waals surface area contributed by atoms with Crippen molar-refractivity contribution in [2.45, 2.75) is 32.1 Å². The lowest BCUT2D eigenvalue weighted by Gasteiger charge is -2.14. The maximum absolute atomic E-state index is 12.5. The van der Waals surface area contributed by atoms with Crippen molar-refractivity contribution in [3.8, 4) is 5.75 Å². The minimum absolute atomic E-state index is 0.208. The predicted octanol–water partition coefficient (Wildman–Crippen LogP) is 4.64. The Morgan fingerprint density at radius 3 is 2.92 bits per heavy atom. The maximum atomic E-state index is 12.5. The molecule has 5 heteroatoms. The number of benzene rings is 1. The summed E-state index contributed by atoms with van der Waals surface area (Å²) in [5, 5.41) is 6.24. The predicted molar refractivity (Wildman–Crippen MR) is 105 cm³/mol. The molecule has 0 bridgehead atoms. The molecule has 1 amide bonds. The smallest absolute Gasteiger partial charge is 0.257 e. The molecule has 2 N–H and O–H groups in total. The molecule has 136 valence electrons. The number of para-hydroxylation sites is 2. The van der Waals surface area contributed by atoms with Crippen LogP contribution in [0.25, 0.3) is 0 Å². The number of hydrogen-bond acceptors (Lipinski definition) is 4. The van der Waals surface area contributed by atoms with Crippen LogP contribution in [0.2, 0.25) is 0 Å². The Kier molecular flexibility index (Phi) is 6.25. The summed E-state index contributed by atoms with van der Waals surface area (Å²) >= 11 is 0. The number of allylic oxidation sites excluding steroid dienone is 1. The number of aromatic nitrogens is 1. The van der Waals surface area contributed by atoms with Gasteiger partial charge in [0.15, 0.2) is 0 Å². The number of amides is 1. The molecule has 0 radical (unpaired) electrons. The van der Waals surface area contributed by atoms with Crippen molar-refractivity contribution in [3.63, 3.8) is 0 Å². The average Bonchev–Trinajstić information content (AvgIpc) is 2.69. The van der Waals surface area contributed by atoms with E-state index in [1.807, 2.05) is 30.3 Å².